The number of hydrogen-bond donors (Lipinski definition) is 4. The summed E-state index contributed by atoms with van der Waals surface area (Å²) in [5, 5.41) is 41.8. The lowest BCUT2D eigenvalue weighted by molar-refractivity contribution is -0.346. The molecule has 4 aliphatic carbocycles. The van der Waals surface area contributed by atoms with Crippen LogP contribution in [0.1, 0.15) is 108 Å². The number of hydrogen-bond acceptors (Lipinski definition) is 16. The molecular formula is C45H55NO15S. The number of alkyl carbamates (subject to hydrolysis) is 1. The Kier molecular flexibility index (Phi) is 12.5. The van der Waals surface area contributed by atoms with Crippen molar-refractivity contribution in [1.29, 1.82) is 0 Å². The largest absolute Gasteiger partial charge is 0.456 e. The van der Waals surface area contributed by atoms with E-state index in [2.05, 4.69) is 5.32 Å². The lowest BCUT2D eigenvalue weighted by atomic mass is 9.44. The smallest absolute Gasteiger partial charge is 0.408 e. The van der Waals surface area contributed by atoms with Crippen LogP contribution in [-0.4, -0.2) is 112 Å². The average Bonchev–Trinajstić information content (AvgIpc) is 3.96. The van der Waals surface area contributed by atoms with E-state index >= 15 is 4.79 Å². The number of aliphatic hydroxyl groups excluding tert-OH is 2. The van der Waals surface area contributed by atoms with Gasteiger partial charge < -0.3 is 49.1 Å². The number of aliphatic hydroxyl groups is 3. The predicted octanol–water partition coefficient (Wildman–Crippen LogP) is 4.43. The number of nitrogens with one attached hydrogen (secondary N) is 1. The average molecular weight is 882 g/mol. The normalized spacial score (nSPS) is 33.5. The van der Waals surface area contributed by atoms with Gasteiger partial charge in [-0.05, 0) is 74.3 Å². The molecule has 16 nitrogen and oxygen atoms in total. The molecule has 2 bridgehead atoms. The first kappa shape index (κ1) is 45.3. The van der Waals surface area contributed by atoms with Crippen molar-refractivity contribution in [3.05, 3.63) is 69.4 Å². The Hall–Kier alpha value is -4.68. The Balaban J connectivity index is 1.37. The highest BCUT2D eigenvalue weighted by molar-refractivity contribution is 7.10. The highest BCUT2D eigenvalue weighted by Gasteiger charge is 2.78. The van der Waals surface area contributed by atoms with Crippen molar-refractivity contribution in [2.24, 2.45) is 16.7 Å². The molecule has 1 aromatic heterocycles. The van der Waals surface area contributed by atoms with Gasteiger partial charge in [0.15, 0.2) is 23.6 Å². The number of amides is 1. The molecule has 336 valence electrons. The summed E-state index contributed by atoms with van der Waals surface area (Å²) in [7, 11) is 0. The number of ketones is 1. The number of benzene rings is 1. The van der Waals surface area contributed by atoms with Crippen molar-refractivity contribution < 1.29 is 72.5 Å². The monoisotopic (exact) mass is 881 g/mol. The van der Waals surface area contributed by atoms with E-state index in [1.807, 2.05) is 0 Å². The van der Waals surface area contributed by atoms with Crippen LogP contribution in [0, 0.1) is 16.7 Å². The maximum absolute atomic E-state index is 15.6. The zero-order valence-electron chi connectivity index (χ0n) is 35.6. The standard InChI is InChI=1S/C45H55NO15S/c1-7-31(49)59-35-32-23(2)27(58-40(53)34(50)33(28-18-13-19-62-28)46-41(54)57-26-16-11-12-17-26)21-45(55,42(32,4)5)38(60-39(52)25-14-9-8-10-15-25)36-43(6,37(35)51)29(48)20-30-44(36,22-56-30)61-24(3)47/h8-10,13-15,18-19,26-27,29-30,33-36,38,48,50,55H,7,11-12,16-17,20-22H2,1-6H3,(H,46,54)/t27-,29-,30+,33-,34+,35+,36?,38?,43+,44-,45+/m0/s1. The molecule has 1 aromatic carbocycles. The van der Waals surface area contributed by atoms with Crippen molar-refractivity contribution in [2.75, 3.05) is 6.61 Å². The summed E-state index contributed by atoms with van der Waals surface area (Å²) in [5.74, 6) is -6.11. The van der Waals surface area contributed by atoms with E-state index in [9.17, 15) is 39.3 Å². The number of Topliss-reactive ketones (excluding diaryl/α,β-unsaturated/α-hetero) is 1. The first-order valence-corrected chi connectivity index (χ1v) is 22.0. The molecule has 17 heteroatoms. The molecular weight excluding hydrogens is 827 g/mol. The van der Waals surface area contributed by atoms with Gasteiger partial charge in [0, 0.05) is 36.5 Å². The summed E-state index contributed by atoms with van der Waals surface area (Å²) in [6.07, 6.45) is -8.59. The number of carbonyl (C=O) groups is 6. The number of thiophene rings is 1. The van der Waals surface area contributed by atoms with Gasteiger partial charge in [-0.2, -0.15) is 0 Å². The fourth-order valence-corrected chi connectivity index (χ4v) is 11.3. The van der Waals surface area contributed by atoms with Gasteiger partial charge in [0.1, 0.15) is 36.1 Å². The third-order valence-electron chi connectivity index (χ3n) is 14.0. The highest BCUT2D eigenvalue weighted by Crippen LogP contribution is 2.64. The summed E-state index contributed by atoms with van der Waals surface area (Å²) in [6, 6.07) is 9.85. The highest BCUT2D eigenvalue weighted by atomic mass is 32.1. The molecule has 11 atom stereocenters. The Morgan fingerprint density at radius 2 is 1.68 bits per heavy atom. The molecule has 3 saturated carbocycles. The molecule has 1 aliphatic heterocycles. The van der Waals surface area contributed by atoms with Gasteiger partial charge >= 0.3 is 30.0 Å². The lowest BCUT2D eigenvalue weighted by Crippen LogP contribution is -2.82. The van der Waals surface area contributed by atoms with Gasteiger partial charge in [-0.15, -0.1) is 11.3 Å². The Morgan fingerprint density at radius 1 is 0.984 bits per heavy atom. The van der Waals surface area contributed by atoms with Crippen LogP contribution in [0.3, 0.4) is 0 Å². The third-order valence-corrected chi connectivity index (χ3v) is 14.9. The maximum Gasteiger partial charge on any atom is 0.408 e. The predicted molar refractivity (Wildman–Crippen MR) is 218 cm³/mol. The van der Waals surface area contributed by atoms with Gasteiger partial charge in [-0.25, -0.2) is 14.4 Å². The minimum absolute atomic E-state index is 0.0135. The Labute approximate surface area is 363 Å². The second kappa shape index (κ2) is 17.1. The van der Waals surface area contributed by atoms with E-state index in [4.69, 9.17) is 28.4 Å². The van der Waals surface area contributed by atoms with E-state index < -0.39 is 113 Å². The summed E-state index contributed by atoms with van der Waals surface area (Å²) in [6.45, 7) is 8.47. The third kappa shape index (κ3) is 7.62. The van der Waals surface area contributed by atoms with Crippen LogP contribution in [0.5, 0.6) is 0 Å². The van der Waals surface area contributed by atoms with E-state index in [-0.39, 0.29) is 42.3 Å². The number of rotatable bonds is 11. The summed E-state index contributed by atoms with van der Waals surface area (Å²) < 4.78 is 36.0. The summed E-state index contributed by atoms with van der Waals surface area (Å²) in [4.78, 5) is 84.0. The lowest BCUT2D eigenvalue weighted by Gasteiger charge is -2.67. The van der Waals surface area contributed by atoms with Crippen LogP contribution in [0.2, 0.25) is 0 Å². The van der Waals surface area contributed by atoms with Crippen molar-refractivity contribution in [1.82, 2.24) is 5.32 Å². The molecule has 4 fully saturated rings. The van der Waals surface area contributed by atoms with Crippen LogP contribution in [0.15, 0.2) is 59.0 Å². The quantitative estimate of drug-likeness (QED) is 0.139. The second-order valence-electron chi connectivity index (χ2n) is 17.8. The molecule has 1 saturated heterocycles. The van der Waals surface area contributed by atoms with Gasteiger partial charge in [-0.3, -0.25) is 14.4 Å². The fraction of sp³-hybridized carbons (Fsp3) is 0.600. The first-order chi connectivity index (χ1) is 29.3. The van der Waals surface area contributed by atoms with Crippen LogP contribution in [0.4, 0.5) is 4.79 Å². The number of esters is 4. The number of fused-ring (bicyclic) bond motifs is 5. The second-order valence-corrected chi connectivity index (χ2v) is 18.8. The number of ether oxygens (including phenoxy) is 6. The van der Waals surface area contributed by atoms with Crippen LogP contribution >= 0.6 is 11.3 Å². The van der Waals surface area contributed by atoms with Crippen molar-refractivity contribution in [2.45, 2.75) is 146 Å². The minimum atomic E-state index is -2.38. The van der Waals surface area contributed by atoms with E-state index in [1.54, 1.807) is 49.6 Å². The Morgan fingerprint density at radius 3 is 2.27 bits per heavy atom. The van der Waals surface area contributed by atoms with Crippen LogP contribution < -0.4 is 5.32 Å². The topological polar surface area (TPSA) is 231 Å². The molecule has 5 aliphatic rings. The van der Waals surface area contributed by atoms with E-state index in [1.165, 1.54) is 44.2 Å². The van der Waals surface area contributed by atoms with Crippen LogP contribution in [0.25, 0.3) is 0 Å². The van der Waals surface area contributed by atoms with Gasteiger partial charge in [-0.1, -0.05) is 45.0 Å². The van der Waals surface area contributed by atoms with E-state index in [0.29, 0.717) is 17.7 Å². The van der Waals surface area contributed by atoms with Crippen molar-refractivity contribution >= 4 is 47.1 Å². The molecule has 62 heavy (non-hydrogen) atoms. The summed E-state index contributed by atoms with van der Waals surface area (Å²) in [5.41, 5.74) is -7.58. The zero-order chi connectivity index (χ0) is 44.9. The van der Waals surface area contributed by atoms with Gasteiger partial charge in [0.25, 0.3) is 0 Å². The van der Waals surface area contributed by atoms with Crippen LogP contribution in [-0.2, 0) is 47.6 Å². The SMILES string of the molecule is CCC(=O)O[C@H]1C(=O)[C@@]2(C)C(C(OC(=O)c3ccccc3)[C@]3(O)C[C@H](OC(=O)[C@H](O)[C@@H](NC(=O)OC4CCCC4)c4cccs4)C(C)=C1C3(C)C)[C@]1(OC(C)=O)CO[C@@H]1C[C@@H]2O. The molecule has 0 radical (unpaired) electrons. The zero-order valence-corrected chi connectivity index (χ0v) is 36.4. The van der Waals surface area contributed by atoms with E-state index in [0.717, 1.165) is 19.8 Å². The molecule has 1 amide bonds. The first-order valence-electron chi connectivity index (χ1n) is 21.1. The Bertz CT molecular complexity index is 2100. The molecule has 2 unspecified atom stereocenters. The van der Waals surface area contributed by atoms with Gasteiger partial charge in [0.2, 0.25) is 0 Å². The molecule has 7 rings (SSSR count). The minimum Gasteiger partial charge on any atom is -0.456 e. The summed E-state index contributed by atoms with van der Waals surface area (Å²) >= 11 is 1.17. The molecule has 4 N–H and O–H groups in total. The van der Waals surface area contributed by atoms with Crippen molar-refractivity contribution in [3.8, 4) is 0 Å². The van der Waals surface area contributed by atoms with Gasteiger partial charge in [0.05, 0.1) is 29.6 Å². The number of carbonyl (C=O) groups excluding carboxylic acids is 6. The molecule has 2 aromatic rings. The maximum atomic E-state index is 15.6. The molecule has 2 heterocycles. The van der Waals surface area contributed by atoms with Crippen molar-refractivity contribution in [3.63, 3.8) is 0 Å². The fourth-order valence-electron chi connectivity index (χ4n) is 10.5. The molecule has 0 spiro atoms.